The molecular formula is C21H39N9O6. The Morgan fingerprint density at radius 2 is 0.750 bits per heavy atom. The quantitative estimate of drug-likeness (QED) is 0.151. The first-order chi connectivity index (χ1) is 17.1. The molecule has 0 spiro atoms. The molecule has 0 saturated carbocycles. The van der Waals surface area contributed by atoms with Crippen molar-refractivity contribution in [2.75, 3.05) is 55.2 Å². The highest BCUT2D eigenvalue weighted by molar-refractivity contribution is 5.84. The number of anilines is 3. The van der Waals surface area contributed by atoms with Crippen molar-refractivity contribution in [2.24, 2.45) is 0 Å². The van der Waals surface area contributed by atoms with Crippen molar-refractivity contribution in [3.8, 4) is 0 Å². The molecule has 0 saturated heterocycles. The van der Waals surface area contributed by atoms with E-state index in [1.807, 2.05) is 0 Å². The summed E-state index contributed by atoms with van der Waals surface area (Å²) in [6.45, 7) is 12.7. The third kappa shape index (κ3) is 8.42. The highest BCUT2D eigenvalue weighted by atomic mass is 16.3. The topological polar surface area (TPSA) is 196 Å². The van der Waals surface area contributed by atoms with Crippen molar-refractivity contribution in [1.82, 2.24) is 29.7 Å². The van der Waals surface area contributed by atoms with E-state index >= 15 is 0 Å². The zero-order valence-electron chi connectivity index (χ0n) is 21.7. The van der Waals surface area contributed by atoms with Crippen molar-refractivity contribution in [2.45, 2.75) is 60.2 Å². The Hall–Kier alpha value is -3.30. The molecule has 0 radical (unpaired) electrons. The van der Waals surface area contributed by atoms with Crippen molar-refractivity contribution in [3.63, 3.8) is 0 Å². The van der Waals surface area contributed by atoms with E-state index in [2.05, 4.69) is 30.9 Å². The summed E-state index contributed by atoms with van der Waals surface area (Å²) in [5.41, 5.74) is 0. The van der Waals surface area contributed by atoms with Crippen LogP contribution in [-0.2, 0) is 14.4 Å². The third-order valence-corrected chi connectivity index (χ3v) is 5.36. The number of nitrogens with one attached hydrogen (secondary N) is 3. The van der Waals surface area contributed by atoms with Gasteiger partial charge in [0.2, 0.25) is 36.5 Å². The zero-order valence-corrected chi connectivity index (χ0v) is 21.7. The van der Waals surface area contributed by atoms with Gasteiger partial charge >= 0.3 is 0 Å². The van der Waals surface area contributed by atoms with Gasteiger partial charge in [-0.3, -0.25) is 14.4 Å². The first-order valence-electron chi connectivity index (χ1n) is 12.0. The van der Waals surface area contributed by atoms with Crippen LogP contribution in [0.15, 0.2) is 0 Å². The molecule has 0 aliphatic heterocycles. The molecule has 1 rings (SSSR count). The summed E-state index contributed by atoms with van der Waals surface area (Å²) < 4.78 is 0. The van der Waals surface area contributed by atoms with Gasteiger partial charge in [0, 0.05) is 39.3 Å². The Balaban J connectivity index is 3.25. The Kier molecular flexibility index (Phi) is 12.8. The number of likely N-dealkylation sites (N-methyl/N-ethyl adjacent to an activating group) is 3. The summed E-state index contributed by atoms with van der Waals surface area (Å²) in [6.07, 6.45) is -5.13. The van der Waals surface area contributed by atoms with Crippen LogP contribution in [0.25, 0.3) is 0 Å². The summed E-state index contributed by atoms with van der Waals surface area (Å²) in [4.78, 5) is 53.4. The minimum absolute atomic E-state index is 0.312. The zero-order chi connectivity index (χ0) is 27.4. The summed E-state index contributed by atoms with van der Waals surface area (Å²) in [5, 5.41) is 38.3. The maximum Gasteiger partial charge on any atom is 0.272 e. The lowest BCUT2D eigenvalue weighted by atomic mass is 10.4. The number of hydrogen-bond acceptors (Lipinski definition) is 12. The second-order valence-electron chi connectivity index (χ2n) is 7.48. The molecule has 0 fully saturated rings. The second kappa shape index (κ2) is 15.0. The smallest absolute Gasteiger partial charge is 0.272 e. The average Bonchev–Trinajstić information content (AvgIpc) is 2.85. The van der Waals surface area contributed by atoms with Crippen LogP contribution in [0.4, 0.5) is 17.8 Å². The molecule has 0 aliphatic carbocycles. The third-order valence-electron chi connectivity index (χ3n) is 5.36. The summed E-state index contributed by atoms with van der Waals surface area (Å²) in [7, 11) is 0. The van der Waals surface area contributed by atoms with Crippen LogP contribution in [-0.4, -0.2) is 121 Å². The number of aromatic nitrogens is 3. The van der Waals surface area contributed by atoms with Crippen LogP contribution in [0.2, 0.25) is 0 Å². The van der Waals surface area contributed by atoms with Gasteiger partial charge in [-0.2, -0.15) is 15.0 Å². The molecule has 0 bridgehead atoms. The predicted molar refractivity (Wildman–Crippen MR) is 132 cm³/mol. The molecule has 0 aliphatic rings. The Labute approximate surface area is 210 Å². The molecule has 36 heavy (non-hydrogen) atoms. The highest BCUT2D eigenvalue weighted by Crippen LogP contribution is 2.13. The fraction of sp³-hybridized carbons (Fsp3) is 0.714. The Bertz CT molecular complexity index is 740. The summed E-state index contributed by atoms with van der Waals surface area (Å²) in [5.74, 6) is -2.82. The van der Waals surface area contributed by atoms with E-state index in [-0.39, 0.29) is 17.8 Å². The number of nitrogens with zero attached hydrogens (tertiary/aromatic N) is 6. The van der Waals surface area contributed by atoms with Crippen molar-refractivity contribution < 1.29 is 29.7 Å². The van der Waals surface area contributed by atoms with Crippen LogP contribution in [0, 0.1) is 0 Å². The van der Waals surface area contributed by atoms with E-state index < -0.39 is 36.4 Å². The van der Waals surface area contributed by atoms with Crippen LogP contribution >= 0.6 is 0 Å². The van der Waals surface area contributed by atoms with Gasteiger partial charge in [-0.1, -0.05) is 0 Å². The van der Waals surface area contributed by atoms with Gasteiger partial charge in [-0.05, 0) is 41.5 Å². The van der Waals surface area contributed by atoms with E-state index in [1.165, 1.54) is 14.7 Å². The van der Waals surface area contributed by atoms with E-state index in [9.17, 15) is 29.7 Å². The Morgan fingerprint density at radius 3 is 0.917 bits per heavy atom. The number of amides is 3. The molecular weight excluding hydrogens is 474 g/mol. The fourth-order valence-corrected chi connectivity index (χ4v) is 3.25. The number of carbonyl (C=O) groups excluding carboxylic acids is 3. The van der Waals surface area contributed by atoms with Gasteiger partial charge in [0.05, 0.1) is 0 Å². The summed E-state index contributed by atoms with van der Waals surface area (Å²) in [6, 6.07) is 0. The SMILES string of the molecule is CCN(CC)C(=O)C(O)Nc1nc(NC(O)C(=O)N(CC)CC)nc(NC(O)C(=O)N(CC)CC)n1. The predicted octanol–water partition coefficient (Wildman–Crippen LogP) is -1.33. The van der Waals surface area contributed by atoms with E-state index in [4.69, 9.17) is 0 Å². The first-order valence-corrected chi connectivity index (χ1v) is 12.0. The van der Waals surface area contributed by atoms with Crippen LogP contribution in [0.5, 0.6) is 0 Å². The molecule has 1 aromatic heterocycles. The maximum atomic E-state index is 12.4. The van der Waals surface area contributed by atoms with Gasteiger partial charge in [-0.15, -0.1) is 0 Å². The molecule has 3 atom stereocenters. The highest BCUT2D eigenvalue weighted by Gasteiger charge is 2.26. The molecule has 1 heterocycles. The number of aliphatic hydroxyl groups is 3. The van der Waals surface area contributed by atoms with Gasteiger partial charge in [0.15, 0.2) is 0 Å². The number of aliphatic hydroxyl groups excluding tert-OH is 3. The second-order valence-corrected chi connectivity index (χ2v) is 7.48. The molecule has 15 nitrogen and oxygen atoms in total. The monoisotopic (exact) mass is 513 g/mol. The molecule has 3 amide bonds. The molecule has 204 valence electrons. The van der Waals surface area contributed by atoms with E-state index in [0.717, 1.165) is 0 Å². The molecule has 0 aromatic carbocycles. The fourth-order valence-electron chi connectivity index (χ4n) is 3.25. The average molecular weight is 514 g/mol. The maximum absolute atomic E-state index is 12.4. The molecule has 6 N–H and O–H groups in total. The largest absolute Gasteiger partial charge is 0.365 e. The lowest BCUT2D eigenvalue weighted by Crippen LogP contribution is -2.44. The normalized spacial score (nSPS) is 13.2. The Morgan fingerprint density at radius 1 is 0.556 bits per heavy atom. The van der Waals surface area contributed by atoms with Gasteiger partial charge in [-0.25, -0.2) is 0 Å². The number of carbonyl (C=O) groups is 3. The lowest BCUT2D eigenvalue weighted by molar-refractivity contribution is -0.138. The first kappa shape index (κ1) is 30.7. The van der Waals surface area contributed by atoms with E-state index in [0.29, 0.717) is 39.3 Å². The lowest BCUT2D eigenvalue weighted by Gasteiger charge is -2.24. The van der Waals surface area contributed by atoms with Crippen molar-refractivity contribution in [1.29, 1.82) is 0 Å². The minimum Gasteiger partial charge on any atom is -0.365 e. The van der Waals surface area contributed by atoms with Crippen molar-refractivity contribution in [3.05, 3.63) is 0 Å². The molecule has 3 unspecified atom stereocenters. The van der Waals surface area contributed by atoms with Gasteiger partial charge < -0.3 is 46.0 Å². The molecule has 15 heteroatoms. The van der Waals surface area contributed by atoms with Crippen molar-refractivity contribution >= 4 is 35.6 Å². The number of rotatable bonds is 15. The minimum atomic E-state index is -1.71. The van der Waals surface area contributed by atoms with Crippen LogP contribution < -0.4 is 16.0 Å². The van der Waals surface area contributed by atoms with Gasteiger partial charge in [0.25, 0.3) is 17.7 Å². The number of hydrogen-bond donors (Lipinski definition) is 6. The summed E-state index contributed by atoms with van der Waals surface area (Å²) >= 11 is 0. The van der Waals surface area contributed by atoms with Crippen LogP contribution in [0.1, 0.15) is 41.5 Å². The van der Waals surface area contributed by atoms with E-state index in [1.54, 1.807) is 41.5 Å². The standard InChI is InChI=1S/C21H39N9O6/c1-7-28(8-2)16(34)13(31)22-19-25-20(23-14(32)17(35)29(9-3)10-4)27-21(26-19)24-15(33)18(36)30(11-5)12-6/h13-15,31-33H,7-12H2,1-6H3,(H3,22,23,24,25,26,27). The van der Waals surface area contributed by atoms with Gasteiger partial charge in [0.1, 0.15) is 0 Å². The molecule has 1 aromatic rings. The van der Waals surface area contributed by atoms with Crippen LogP contribution in [0.3, 0.4) is 0 Å².